The van der Waals surface area contributed by atoms with Crippen LogP contribution in [-0.2, 0) is 13.0 Å². The van der Waals surface area contributed by atoms with Gasteiger partial charge in [0.2, 0.25) is 0 Å². The van der Waals surface area contributed by atoms with Crippen LogP contribution in [0.4, 0.5) is 0 Å². The molecule has 1 fully saturated rings. The van der Waals surface area contributed by atoms with Crippen LogP contribution in [0.1, 0.15) is 45.9 Å². The van der Waals surface area contributed by atoms with Crippen molar-refractivity contribution in [1.82, 2.24) is 10.3 Å². The van der Waals surface area contributed by atoms with Crippen LogP contribution in [0.15, 0.2) is 42.5 Å². The fourth-order valence-electron chi connectivity index (χ4n) is 3.98. The smallest absolute Gasteiger partial charge is 0.336 e. The lowest BCUT2D eigenvalue weighted by Crippen LogP contribution is -2.24. The molecule has 2 aromatic carbocycles. The lowest BCUT2D eigenvalue weighted by Gasteiger charge is -2.20. The van der Waals surface area contributed by atoms with Crippen molar-refractivity contribution in [2.24, 2.45) is 0 Å². The van der Waals surface area contributed by atoms with Gasteiger partial charge in [0.15, 0.2) is 0 Å². The van der Waals surface area contributed by atoms with Crippen LogP contribution in [0, 0.1) is 0 Å². The van der Waals surface area contributed by atoms with Crippen molar-refractivity contribution >= 4 is 16.9 Å². The molecule has 2 aliphatic rings. The monoisotopic (exact) mass is 344 g/mol. The highest BCUT2D eigenvalue weighted by Gasteiger charge is 2.27. The van der Waals surface area contributed by atoms with E-state index in [4.69, 9.17) is 4.98 Å². The van der Waals surface area contributed by atoms with E-state index in [0.29, 0.717) is 11.5 Å². The zero-order valence-corrected chi connectivity index (χ0v) is 14.5. The van der Waals surface area contributed by atoms with Crippen LogP contribution < -0.4 is 5.32 Å². The minimum Gasteiger partial charge on any atom is -0.478 e. The Labute approximate surface area is 151 Å². The quantitative estimate of drug-likeness (QED) is 0.750. The SMILES string of the molecule is O=C(O)c1cc(C2CC2)nc2ccc(-c3cccc4c3CCNC4)cc12. The van der Waals surface area contributed by atoms with Crippen LogP contribution in [0.25, 0.3) is 22.0 Å². The van der Waals surface area contributed by atoms with Crippen LogP contribution in [0.2, 0.25) is 0 Å². The van der Waals surface area contributed by atoms with Crippen molar-refractivity contribution < 1.29 is 9.90 Å². The van der Waals surface area contributed by atoms with Crippen LogP contribution >= 0.6 is 0 Å². The van der Waals surface area contributed by atoms with Crippen molar-refractivity contribution in [3.63, 3.8) is 0 Å². The molecule has 4 nitrogen and oxygen atoms in total. The Morgan fingerprint density at radius 2 is 2.04 bits per heavy atom. The molecule has 1 aromatic heterocycles. The predicted octanol–water partition coefficient (Wildman–Crippen LogP) is 4.12. The molecule has 0 amide bonds. The van der Waals surface area contributed by atoms with Gasteiger partial charge in [-0.15, -0.1) is 0 Å². The summed E-state index contributed by atoms with van der Waals surface area (Å²) in [6, 6.07) is 14.2. The van der Waals surface area contributed by atoms with Crippen LogP contribution in [0.5, 0.6) is 0 Å². The first-order valence-corrected chi connectivity index (χ1v) is 9.20. The van der Waals surface area contributed by atoms with Gasteiger partial charge in [-0.25, -0.2) is 4.79 Å². The Morgan fingerprint density at radius 1 is 1.15 bits per heavy atom. The summed E-state index contributed by atoms with van der Waals surface area (Å²) in [5.41, 5.74) is 7.03. The minimum absolute atomic E-state index is 0.366. The molecule has 0 radical (unpaired) electrons. The number of nitrogens with zero attached hydrogens (tertiary/aromatic N) is 1. The number of rotatable bonds is 3. The van der Waals surface area contributed by atoms with Gasteiger partial charge in [-0.3, -0.25) is 4.98 Å². The molecule has 1 aliphatic carbocycles. The van der Waals surface area contributed by atoms with Gasteiger partial charge in [-0.1, -0.05) is 24.3 Å². The number of aromatic nitrogens is 1. The molecule has 2 N–H and O–H groups in total. The maximum Gasteiger partial charge on any atom is 0.336 e. The average Bonchev–Trinajstić information content (AvgIpc) is 3.51. The Hall–Kier alpha value is -2.72. The van der Waals surface area contributed by atoms with E-state index in [2.05, 4.69) is 29.6 Å². The molecule has 0 unspecified atom stereocenters. The van der Waals surface area contributed by atoms with E-state index in [9.17, 15) is 9.90 Å². The number of hydrogen-bond donors (Lipinski definition) is 2. The topological polar surface area (TPSA) is 62.2 Å². The zero-order valence-electron chi connectivity index (χ0n) is 14.5. The van der Waals surface area contributed by atoms with Gasteiger partial charge in [0, 0.05) is 23.5 Å². The van der Waals surface area contributed by atoms with E-state index in [1.54, 1.807) is 6.07 Å². The fourth-order valence-corrected chi connectivity index (χ4v) is 3.98. The van der Waals surface area contributed by atoms with E-state index in [-0.39, 0.29) is 0 Å². The molecule has 26 heavy (non-hydrogen) atoms. The highest BCUT2D eigenvalue weighted by molar-refractivity contribution is 6.04. The average molecular weight is 344 g/mol. The van der Waals surface area contributed by atoms with Gasteiger partial charge >= 0.3 is 5.97 Å². The molecule has 0 saturated heterocycles. The van der Waals surface area contributed by atoms with E-state index in [1.807, 2.05) is 12.1 Å². The summed E-state index contributed by atoms with van der Waals surface area (Å²) in [6.07, 6.45) is 3.22. The number of hydrogen-bond acceptors (Lipinski definition) is 3. The molecular weight excluding hydrogens is 324 g/mol. The summed E-state index contributed by atoms with van der Waals surface area (Å²) in [6.45, 7) is 1.87. The maximum absolute atomic E-state index is 11.9. The number of benzene rings is 2. The Kier molecular flexibility index (Phi) is 3.54. The molecule has 1 saturated carbocycles. The van der Waals surface area contributed by atoms with Crippen molar-refractivity contribution in [3.05, 3.63) is 64.8 Å². The highest BCUT2D eigenvalue weighted by Crippen LogP contribution is 2.40. The van der Waals surface area contributed by atoms with Gasteiger partial charge in [0.05, 0.1) is 11.1 Å². The first-order chi connectivity index (χ1) is 12.7. The Balaban J connectivity index is 1.70. The summed E-state index contributed by atoms with van der Waals surface area (Å²) < 4.78 is 0. The number of aromatic carboxylic acids is 1. The van der Waals surface area contributed by atoms with Gasteiger partial charge < -0.3 is 10.4 Å². The van der Waals surface area contributed by atoms with E-state index < -0.39 is 5.97 Å². The molecule has 5 rings (SSSR count). The van der Waals surface area contributed by atoms with E-state index in [0.717, 1.165) is 54.5 Å². The third-order valence-electron chi connectivity index (χ3n) is 5.51. The summed E-state index contributed by atoms with van der Waals surface area (Å²) in [5.74, 6) is -0.443. The maximum atomic E-state index is 11.9. The molecule has 0 bridgehead atoms. The second-order valence-corrected chi connectivity index (χ2v) is 7.28. The number of carboxylic acids is 1. The summed E-state index contributed by atoms with van der Waals surface area (Å²) in [7, 11) is 0. The van der Waals surface area contributed by atoms with E-state index in [1.165, 1.54) is 16.7 Å². The van der Waals surface area contributed by atoms with Gasteiger partial charge in [-0.05, 0) is 66.3 Å². The highest BCUT2D eigenvalue weighted by atomic mass is 16.4. The molecule has 2 heterocycles. The van der Waals surface area contributed by atoms with Crippen LogP contribution in [0.3, 0.4) is 0 Å². The molecule has 1 aliphatic heterocycles. The normalized spacial score (nSPS) is 16.5. The third-order valence-corrected chi connectivity index (χ3v) is 5.51. The van der Waals surface area contributed by atoms with Gasteiger partial charge in [0.25, 0.3) is 0 Å². The number of carboxylic acid groups (broad SMARTS) is 1. The van der Waals surface area contributed by atoms with Gasteiger partial charge in [-0.2, -0.15) is 0 Å². The number of pyridine rings is 1. The lowest BCUT2D eigenvalue weighted by atomic mass is 9.90. The third kappa shape index (κ3) is 2.58. The summed E-state index contributed by atoms with van der Waals surface area (Å²) in [4.78, 5) is 16.6. The second-order valence-electron chi connectivity index (χ2n) is 7.28. The molecule has 3 aromatic rings. The van der Waals surface area contributed by atoms with Crippen molar-refractivity contribution in [3.8, 4) is 11.1 Å². The first kappa shape index (κ1) is 15.5. The fraction of sp³-hybridized carbons (Fsp3) is 0.273. The predicted molar refractivity (Wildman–Crippen MR) is 102 cm³/mol. The van der Waals surface area contributed by atoms with Crippen LogP contribution in [-0.4, -0.2) is 22.6 Å². The minimum atomic E-state index is -0.879. The Bertz CT molecular complexity index is 1040. The standard InChI is InChI=1S/C22H20N2O2/c25-22(26)19-11-21(13-4-5-13)24-20-7-6-14(10-18(19)20)16-3-1-2-15-12-23-9-8-17(15)16/h1-3,6-7,10-11,13,23H,4-5,8-9,12H2,(H,25,26). The second kappa shape index (κ2) is 5.92. The molecule has 0 atom stereocenters. The zero-order chi connectivity index (χ0) is 17.7. The summed E-state index contributed by atoms with van der Waals surface area (Å²) in [5, 5.41) is 13.9. The molecule has 4 heteroatoms. The first-order valence-electron chi connectivity index (χ1n) is 9.20. The van der Waals surface area contributed by atoms with Crippen molar-refractivity contribution in [2.45, 2.75) is 31.7 Å². The largest absolute Gasteiger partial charge is 0.478 e. The molecule has 0 spiro atoms. The lowest BCUT2D eigenvalue weighted by molar-refractivity contribution is 0.0699. The van der Waals surface area contributed by atoms with Crippen molar-refractivity contribution in [2.75, 3.05) is 6.54 Å². The summed E-state index contributed by atoms with van der Waals surface area (Å²) >= 11 is 0. The molecule has 130 valence electrons. The Morgan fingerprint density at radius 3 is 2.85 bits per heavy atom. The van der Waals surface area contributed by atoms with E-state index >= 15 is 0 Å². The number of carbonyl (C=O) groups is 1. The van der Waals surface area contributed by atoms with Gasteiger partial charge in [0.1, 0.15) is 0 Å². The van der Waals surface area contributed by atoms with Crippen molar-refractivity contribution in [1.29, 1.82) is 0 Å². The molecular formula is C22H20N2O2. The number of fused-ring (bicyclic) bond motifs is 2. The number of nitrogens with one attached hydrogen (secondary N) is 1.